The maximum atomic E-state index is 12.7. The smallest absolute Gasteiger partial charge is 0.325 e. The molecule has 0 bridgehead atoms. The Labute approximate surface area is 127 Å². The first-order valence-electron chi connectivity index (χ1n) is 6.79. The number of benzene rings is 2. The Morgan fingerprint density at radius 2 is 1.64 bits per heavy atom. The fourth-order valence-corrected chi connectivity index (χ4v) is 2.24. The molecule has 0 aliphatic carbocycles. The Morgan fingerprint density at radius 1 is 1.05 bits per heavy atom. The summed E-state index contributed by atoms with van der Waals surface area (Å²) in [6, 6.07) is 10.4. The van der Waals surface area contributed by atoms with Gasteiger partial charge in [-0.15, -0.1) is 0 Å². The summed E-state index contributed by atoms with van der Waals surface area (Å²) in [6.45, 7) is 3.74. The van der Waals surface area contributed by atoms with Crippen molar-refractivity contribution in [3.63, 3.8) is 0 Å². The molecule has 2 aromatic carbocycles. The summed E-state index contributed by atoms with van der Waals surface area (Å²) in [5.74, 6) is -0.336. The lowest BCUT2D eigenvalue weighted by atomic mass is 10.1. The summed E-state index contributed by atoms with van der Waals surface area (Å²) in [5, 5.41) is 2.76. The third-order valence-electron chi connectivity index (χ3n) is 3.36. The van der Waals surface area contributed by atoms with E-state index in [1.807, 2.05) is 32.0 Å². The number of carbonyl (C=O) groups is 1. The molecule has 0 atom stereocenters. The zero-order valence-corrected chi connectivity index (χ0v) is 12.3. The van der Waals surface area contributed by atoms with Crippen LogP contribution in [0.25, 0.3) is 0 Å². The normalized spacial score (nSPS) is 11.3. The number of para-hydroxylation sites is 1. The number of hydrogen-bond acceptors (Lipinski definition) is 1. The van der Waals surface area contributed by atoms with Gasteiger partial charge in [-0.3, -0.25) is 4.79 Å². The first kappa shape index (κ1) is 16.1. The van der Waals surface area contributed by atoms with E-state index < -0.39 is 11.7 Å². The molecule has 5 heteroatoms. The average molecular weight is 307 g/mol. The van der Waals surface area contributed by atoms with Crippen LogP contribution in [-0.4, -0.2) is 5.91 Å². The SMILES string of the molecule is Cc1cccc(C)c1NC(=O)Cc1cccc(C(F)(F)F)c1. The van der Waals surface area contributed by atoms with E-state index in [-0.39, 0.29) is 12.3 Å². The molecular weight excluding hydrogens is 291 g/mol. The van der Waals surface area contributed by atoms with Crippen LogP contribution in [0.2, 0.25) is 0 Å². The highest BCUT2D eigenvalue weighted by molar-refractivity contribution is 5.93. The van der Waals surface area contributed by atoms with Gasteiger partial charge in [0.2, 0.25) is 5.91 Å². The fraction of sp³-hybridized carbons (Fsp3) is 0.235. The van der Waals surface area contributed by atoms with Crippen LogP contribution >= 0.6 is 0 Å². The van der Waals surface area contributed by atoms with Gasteiger partial charge in [-0.25, -0.2) is 0 Å². The zero-order valence-electron chi connectivity index (χ0n) is 12.3. The van der Waals surface area contributed by atoms with Crippen LogP contribution in [0, 0.1) is 13.8 Å². The number of halogens is 3. The molecule has 0 saturated carbocycles. The van der Waals surface area contributed by atoms with Gasteiger partial charge in [0.25, 0.3) is 0 Å². The van der Waals surface area contributed by atoms with Gasteiger partial charge in [0.05, 0.1) is 12.0 Å². The van der Waals surface area contributed by atoms with Crippen LogP contribution in [-0.2, 0) is 17.4 Å². The molecule has 2 aromatic rings. The van der Waals surface area contributed by atoms with Gasteiger partial charge in [0, 0.05) is 5.69 Å². The van der Waals surface area contributed by atoms with Crippen molar-refractivity contribution in [3.05, 3.63) is 64.7 Å². The van der Waals surface area contributed by atoms with Crippen molar-refractivity contribution in [1.82, 2.24) is 0 Å². The molecule has 22 heavy (non-hydrogen) atoms. The standard InChI is InChI=1S/C17H16F3NO/c1-11-5-3-6-12(2)16(11)21-15(22)10-13-7-4-8-14(9-13)17(18,19)20/h3-9H,10H2,1-2H3,(H,21,22). The molecule has 0 aromatic heterocycles. The molecule has 0 spiro atoms. The summed E-state index contributed by atoms with van der Waals surface area (Å²) in [5.41, 5.74) is 2.12. The Kier molecular flexibility index (Phi) is 4.54. The first-order valence-corrected chi connectivity index (χ1v) is 6.79. The summed E-state index contributed by atoms with van der Waals surface area (Å²) in [4.78, 5) is 12.1. The average Bonchev–Trinajstić information content (AvgIpc) is 2.42. The number of hydrogen-bond donors (Lipinski definition) is 1. The summed E-state index contributed by atoms with van der Waals surface area (Å²) >= 11 is 0. The number of rotatable bonds is 3. The molecular formula is C17H16F3NO. The Balaban J connectivity index is 2.13. The molecule has 2 nitrogen and oxygen atoms in total. The summed E-state index contributed by atoms with van der Waals surface area (Å²) in [6.07, 6.45) is -4.50. The Bertz CT molecular complexity index is 672. The van der Waals surface area contributed by atoms with Crippen molar-refractivity contribution in [3.8, 4) is 0 Å². The molecule has 116 valence electrons. The highest BCUT2D eigenvalue weighted by Gasteiger charge is 2.30. The highest BCUT2D eigenvalue weighted by Crippen LogP contribution is 2.29. The van der Waals surface area contributed by atoms with E-state index >= 15 is 0 Å². The first-order chi connectivity index (χ1) is 10.3. The van der Waals surface area contributed by atoms with Crippen LogP contribution in [0.5, 0.6) is 0 Å². The van der Waals surface area contributed by atoms with Crippen molar-refractivity contribution in [2.24, 2.45) is 0 Å². The molecule has 0 aliphatic heterocycles. The minimum atomic E-state index is -4.40. The molecule has 0 aliphatic rings. The van der Waals surface area contributed by atoms with E-state index in [1.54, 1.807) is 0 Å². The maximum Gasteiger partial charge on any atom is 0.416 e. The van der Waals surface area contributed by atoms with E-state index in [1.165, 1.54) is 12.1 Å². The van der Waals surface area contributed by atoms with Crippen molar-refractivity contribution >= 4 is 11.6 Å². The van der Waals surface area contributed by atoms with Crippen LogP contribution in [0.15, 0.2) is 42.5 Å². The lowest BCUT2D eigenvalue weighted by Crippen LogP contribution is -2.16. The van der Waals surface area contributed by atoms with Gasteiger partial charge >= 0.3 is 6.18 Å². The van der Waals surface area contributed by atoms with E-state index in [4.69, 9.17) is 0 Å². The van der Waals surface area contributed by atoms with Crippen LogP contribution in [0.1, 0.15) is 22.3 Å². The van der Waals surface area contributed by atoms with Gasteiger partial charge < -0.3 is 5.32 Å². The molecule has 0 unspecified atom stereocenters. The predicted molar refractivity (Wildman–Crippen MR) is 79.7 cm³/mol. The second-order valence-corrected chi connectivity index (χ2v) is 5.19. The van der Waals surface area contributed by atoms with Crippen molar-refractivity contribution in [2.45, 2.75) is 26.4 Å². The zero-order chi connectivity index (χ0) is 16.3. The lowest BCUT2D eigenvalue weighted by molar-refractivity contribution is -0.137. The van der Waals surface area contributed by atoms with Crippen LogP contribution < -0.4 is 5.32 Å². The second-order valence-electron chi connectivity index (χ2n) is 5.19. The monoisotopic (exact) mass is 307 g/mol. The number of carbonyl (C=O) groups excluding carboxylic acids is 1. The summed E-state index contributed by atoms with van der Waals surface area (Å²) in [7, 11) is 0. The fourth-order valence-electron chi connectivity index (χ4n) is 2.24. The molecule has 1 N–H and O–H groups in total. The Hall–Kier alpha value is -2.30. The maximum absolute atomic E-state index is 12.7. The van der Waals surface area contributed by atoms with Crippen molar-refractivity contribution < 1.29 is 18.0 Å². The number of anilines is 1. The van der Waals surface area contributed by atoms with Gasteiger partial charge in [0.1, 0.15) is 0 Å². The van der Waals surface area contributed by atoms with E-state index in [9.17, 15) is 18.0 Å². The van der Waals surface area contributed by atoms with Crippen molar-refractivity contribution in [2.75, 3.05) is 5.32 Å². The second kappa shape index (κ2) is 6.22. The molecule has 2 rings (SSSR count). The lowest BCUT2D eigenvalue weighted by Gasteiger charge is -2.12. The van der Waals surface area contributed by atoms with Crippen LogP contribution in [0.3, 0.4) is 0 Å². The third kappa shape index (κ3) is 3.87. The number of alkyl halides is 3. The van der Waals surface area contributed by atoms with Gasteiger partial charge in [-0.2, -0.15) is 13.2 Å². The third-order valence-corrected chi connectivity index (χ3v) is 3.36. The van der Waals surface area contributed by atoms with Crippen molar-refractivity contribution in [1.29, 1.82) is 0 Å². The molecule has 0 heterocycles. The quantitative estimate of drug-likeness (QED) is 0.888. The molecule has 0 saturated heterocycles. The largest absolute Gasteiger partial charge is 0.416 e. The number of amides is 1. The van der Waals surface area contributed by atoms with Gasteiger partial charge in [-0.05, 0) is 36.6 Å². The molecule has 0 radical (unpaired) electrons. The van der Waals surface area contributed by atoms with E-state index in [0.29, 0.717) is 11.3 Å². The topological polar surface area (TPSA) is 29.1 Å². The summed E-state index contributed by atoms with van der Waals surface area (Å²) < 4.78 is 38.0. The minimum Gasteiger partial charge on any atom is -0.325 e. The number of aryl methyl sites for hydroxylation is 2. The Morgan fingerprint density at radius 3 is 2.23 bits per heavy atom. The van der Waals surface area contributed by atoms with E-state index in [0.717, 1.165) is 23.3 Å². The highest BCUT2D eigenvalue weighted by atomic mass is 19.4. The van der Waals surface area contributed by atoms with Gasteiger partial charge in [0.15, 0.2) is 0 Å². The minimum absolute atomic E-state index is 0.0995. The molecule has 1 amide bonds. The van der Waals surface area contributed by atoms with Crippen LogP contribution in [0.4, 0.5) is 18.9 Å². The predicted octanol–water partition coefficient (Wildman–Crippen LogP) is 4.50. The van der Waals surface area contributed by atoms with E-state index in [2.05, 4.69) is 5.32 Å². The van der Waals surface area contributed by atoms with Gasteiger partial charge in [-0.1, -0.05) is 36.4 Å². The molecule has 0 fully saturated rings. The number of nitrogens with one attached hydrogen (secondary N) is 1.